The van der Waals surface area contributed by atoms with E-state index in [1.54, 1.807) is 6.07 Å². The fourth-order valence-corrected chi connectivity index (χ4v) is 4.30. The van der Waals surface area contributed by atoms with Crippen molar-refractivity contribution in [1.82, 2.24) is 4.98 Å². The van der Waals surface area contributed by atoms with Gasteiger partial charge in [-0.15, -0.1) is 11.3 Å². The van der Waals surface area contributed by atoms with E-state index in [1.807, 2.05) is 0 Å². The molecule has 0 bridgehead atoms. The Balaban J connectivity index is 2.30. The Hall–Kier alpha value is -1.45. The van der Waals surface area contributed by atoms with Crippen molar-refractivity contribution in [3.63, 3.8) is 0 Å². The van der Waals surface area contributed by atoms with Crippen molar-refractivity contribution < 1.29 is 18.3 Å². The number of anilines is 1. The van der Waals surface area contributed by atoms with Gasteiger partial charge in [-0.3, -0.25) is 9.71 Å². The number of halogens is 1. The zero-order chi connectivity index (χ0) is 14.0. The second-order valence-electron chi connectivity index (χ2n) is 3.43. The van der Waals surface area contributed by atoms with Crippen LogP contribution in [-0.2, 0) is 10.0 Å². The lowest BCUT2D eigenvalue weighted by atomic mass is 10.3. The first-order chi connectivity index (χ1) is 8.88. The van der Waals surface area contributed by atoms with Crippen LogP contribution in [0.15, 0.2) is 38.6 Å². The predicted molar refractivity (Wildman–Crippen MR) is 74.0 cm³/mol. The van der Waals surface area contributed by atoms with Crippen molar-refractivity contribution in [2.24, 2.45) is 0 Å². The molecule has 0 spiro atoms. The molecule has 0 aliphatic heterocycles. The van der Waals surface area contributed by atoms with Gasteiger partial charge in [-0.05, 0) is 34.1 Å². The smallest absolute Gasteiger partial charge is 0.337 e. The van der Waals surface area contributed by atoms with Crippen LogP contribution in [0, 0.1) is 0 Å². The largest absolute Gasteiger partial charge is 0.478 e. The van der Waals surface area contributed by atoms with Crippen LogP contribution in [0.25, 0.3) is 0 Å². The van der Waals surface area contributed by atoms with Crippen molar-refractivity contribution in [3.05, 3.63) is 39.9 Å². The second kappa shape index (κ2) is 5.27. The van der Waals surface area contributed by atoms with Gasteiger partial charge in [-0.1, -0.05) is 0 Å². The molecule has 0 aliphatic rings. The molecule has 2 aromatic heterocycles. The van der Waals surface area contributed by atoms with Gasteiger partial charge in [-0.2, -0.15) is 0 Å². The molecule has 100 valence electrons. The number of aromatic carboxylic acids is 1. The minimum Gasteiger partial charge on any atom is -0.478 e. The summed E-state index contributed by atoms with van der Waals surface area (Å²) in [7, 11) is -3.73. The Kier molecular flexibility index (Phi) is 3.88. The first kappa shape index (κ1) is 14.0. The molecule has 0 saturated heterocycles. The van der Waals surface area contributed by atoms with Gasteiger partial charge >= 0.3 is 5.97 Å². The molecular formula is C10H7BrN2O4S2. The number of rotatable bonds is 4. The number of carbonyl (C=O) groups is 1. The maximum atomic E-state index is 12.0. The highest BCUT2D eigenvalue weighted by atomic mass is 79.9. The third-order valence-electron chi connectivity index (χ3n) is 2.05. The highest BCUT2D eigenvalue weighted by Crippen LogP contribution is 2.27. The van der Waals surface area contributed by atoms with Gasteiger partial charge in [0.1, 0.15) is 4.21 Å². The van der Waals surface area contributed by atoms with Crippen LogP contribution in [0.4, 0.5) is 5.69 Å². The van der Waals surface area contributed by atoms with Crippen LogP contribution in [0.2, 0.25) is 0 Å². The van der Waals surface area contributed by atoms with Crippen molar-refractivity contribution in [2.45, 2.75) is 4.21 Å². The molecule has 9 heteroatoms. The average molecular weight is 363 g/mol. The Morgan fingerprint density at radius 1 is 1.37 bits per heavy atom. The zero-order valence-electron chi connectivity index (χ0n) is 9.20. The number of pyridine rings is 1. The highest BCUT2D eigenvalue weighted by Gasteiger charge is 2.17. The highest BCUT2D eigenvalue weighted by molar-refractivity contribution is 9.11. The molecule has 0 amide bonds. The van der Waals surface area contributed by atoms with Gasteiger partial charge in [0.25, 0.3) is 10.0 Å². The Morgan fingerprint density at radius 2 is 2.11 bits per heavy atom. The molecule has 0 radical (unpaired) electrons. The molecule has 6 nitrogen and oxygen atoms in total. The van der Waals surface area contributed by atoms with Gasteiger partial charge in [0.05, 0.1) is 21.2 Å². The van der Waals surface area contributed by atoms with Crippen molar-refractivity contribution >= 4 is 48.9 Å². The number of aromatic nitrogens is 1. The van der Waals surface area contributed by atoms with Crippen molar-refractivity contribution in [1.29, 1.82) is 0 Å². The number of sulfonamides is 1. The molecule has 0 atom stereocenters. The summed E-state index contributed by atoms with van der Waals surface area (Å²) in [5.74, 6) is -1.17. The van der Waals surface area contributed by atoms with E-state index >= 15 is 0 Å². The number of carboxylic acids is 1. The monoisotopic (exact) mass is 362 g/mol. The third-order valence-corrected chi connectivity index (χ3v) is 5.55. The summed E-state index contributed by atoms with van der Waals surface area (Å²) in [5, 5.41) is 8.81. The first-order valence-electron chi connectivity index (χ1n) is 4.85. The minimum absolute atomic E-state index is 0.0902. The van der Waals surface area contributed by atoms with Gasteiger partial charge in [0.15, 0.2) is 0 Å². The van der Waals surface area contributed by atoms with Crippen LogP contribution in [0.3, 0.4) is 0 Å². The van der Waals surface area contributed by atoms with Crippen LogP contribution in [0.5, 0.6) is 0 Å². The fraction of sp³-hybridized carbons (Fsp3) is 0. The molecule has 2 rings (SSSR count). The summed E-state index contributed by atoms with van der Waals surface area (Å²) in [6.07, 6.45) is 2.38. The lowest BCUT2D eigenvalue weighted by molar-refractivity contribution is 0.0696. The van der Waals surface area contributed by atoms with Gasteiger partial charge in [0, 0.05) is 6.20 Å². The van der Waals surface area contributed by atoms with E-state index < -0.39 is 16.0 Å². The van der Waals surface area contributed by atoms with Crippen LogP contribution in [-0.4, -0.2) is 24.5 Å². The number of nitrogens with zero attached hydrogens (tertiary/aromatic N) is 1. The van der Waals surface area contributed by atoms with E-state index in [2.05, 4.69) is 25.6 Å². The van der Waals surface area contributed by atoms with Gasteiger partial charge < -0.3 is 5.11 Å². The Bertz CT molecular complexity index is 727. The molecule has 0 aromatic carbocycles. The number of hydrogen-bond donors (Lipinski definition) is 2. The molecule has 2 N–H and O–H groups in total. The van der Waals surface area contributed by atoms with E-state index in [9.17, 15) is 13.2 Å². The Morgan fingerprint density at radius 3 is 2.68 bits per heavy atom. The van der Waals surface area contributed by atoms with E-state index in [0.29, 0.717) is 3.79 Å². The summed E-state index contributed by atoms with van der Waals surface area (Å²) in [4.78, 5) is 14.4. The average Bonchev–Trinajstić information content (AvgIpc) is 2.76. The van der Waals surface area contributed by atoms with Crippen LogP contribution < -0.4 is 4.72 Å². The first-order valence-corrected chi connectivity index (χ1v) is 7.94. The van der Waals surface area contributed by atoms with E-state index in [4.69, 9.17) is 5.11 Å². The molecule has 0 fully saturated rings. The van der Waals surface area contributed by atoms with E-state index in [-0.39, 0.29) is 15.5 Å². The van der Waals surface area contributed by atoms with E-state index in [0.717, 1.165) is 17.5 Å². The van der Waals surface area contributed by atoms with Crippen molar-refractivity contribution in [3.8, 4) is 0 Å². The fourth-order valence-electron chi connectivity index (χ4n) is 1.26. The molecule has 2 aromatic rings. The van der Waals surface area contributed by atoms with Crippen LogP contribution >= 0.6 is 27.3 Å². The normalized spacial score (nSPS) is 11.2. The second-order valence-corrected chi connectivity index (χ2v) is 7.80. The maximum Gasteiger partial charge on any atom is 0.337 e. The number of hydrogen-bond acceptors (Lipinski definition) is 5. The molecule has 0 aliphatic carbocycles. The molecule has 0 saturated carbocycles. The summed E-state index contributed by atoms with van der Waals surface area (Å²) in [5.41, 5.74) is 0.0111. The zero-order valence-corrected chi connectivity index (χ0v) is 12.4. The maximum absolute atomic E-state index is 12.0. The van der Waals surface area contributed by atoms with Crippen LogP contribution in [0.1, 0.15) is 10.4 Å². The quantitative estimate of drug-likeness (QED) is 0.870. The molecule has 2 heterocycles. The lowest BCUT2D eigenvalue weighted by Gasteiger charge is -2.06. The Labute approximate surface area is 121 Å². The third kappa shape index (κ3) is 3.31. The number of thiophene rings is 1. The lowest BCUT2D eigenvalue weighted by Crippen LogP contribution is -2.12. The molecule has 19 heavy (non-hydrogen) atoms. The minimum atomic E-state index is -3.73. The summed E-state index contributed by atoms with van der Waals surface area (Å²) in [6, 6.07) is 4.27. The van der Waals surface area contributed by atoms with Gasteiger partial charge in [0.2, 0.25) is 0 Å². The van der Waals surface area contributed by atoms with Gasteiger partial charge in [-0.25, -0.2) is 13.2 Å². The summed E-state index contributed by atoms with van der Waals surface area (Å²) < 4.78 is 27.1. The van der Waals surface area contributed by atoms with E-state index in [1.165, 1.54) is 18.3 Å². The summed E-state index contributed by atoms with van der Waals surface area (Å²) >= 11 is 4.23. The standard InChI is InChI=1S/C10H7BrN2O4S2/c11-8-1-2-9(18-8)19(16,17)13-7-3-6(10(14)15)4-12-5-7/h1-5,13H,(H,14,15). The van der Waals surface area contributed by atoms with Crippen molar-refractivity contribution in [2.75, 3.05) is 4.72 Å². The topological polar surface area (TPSA) is 96.4 Å². The summed E-state index contributed by atoms with van der Waals surface area (Å²) in [6.45, 7) is 0. The predicted octanol–water partition coefficient (Wildman–Crippen LogP) is 2.40. The number of carboxylic acid groups (broad SMARTS) is 1. The molecular weight excluding hydrogens is 356 g/mol. The number of nitrogens with one attached hydrogen (secondary N) is 1. The molecule has 0 unspecified atom stereocenters. The SMILES string of the molecule is O=C(O)c1cncc(NS(=O)(=O)c2ccc(Br)s2)c1.